The molecule has 0 rings (SSSR count). The van der Waals surface area contributed by atoms with E-state index < -0.39 is 24.3 Å². The molecular formula is C68H125NO8. The maximum absolute atomic E-state index is 12.9. The number of likely N-dealkylation sites (N-methyl/N-ethyl adjacent to an activating group) is 1. The molecule has 0 aromatic carbocycles. The highest BCUT2D eigenvalue weighted by atomic mass is 16.7. The molecular weight excluding hydrogens is 959 g/mol. The SMILES string of the molecule is CCCCCCC/C=C\C/C=C\C/C=C\CCCCCCCCCCC(=O)OC(COC(=O)CCCCCCCCCCCCCCCCCCC/C=C\CCCCCCCCCC)COC(OCC[N+](C)(C)C)C(=O)[O-]. The lowest BCUT2D eigenvalue weighted by atomic mass is 10.0. The van der Waals surface area contributed by atoms with Crippen LogP contribution in [0.1, 0.15) is 309 Å². The van der Waals surface area contributed by atoms with Crippen LogP contribution in [0.15, 0.2) is 48.6 Å². The van der Waals surface area contributed by atoms with Crippen molar-refractivity contribution in [3.63, 3.8) is 0 Å². The van der Waals surface area contributed by atoms with Crippen molar-refractivity contribution in [2.24, 2.45) is 0 Å². The summed E-state index contributed by atoms with van der Waals surface area (Å²) in [6.07, 6.45) is 71.8. The summed E-state index contributed by atoms with van der Waals surface area (Å²) in [6, 6.07) is 0. The number of unbranched alkanes of at least 4 members (excludes halogenated alkanes) is 38. The molecule has 450 valence electrons. The Labute approximate surface area is 476 Å². The second kappa shape index (κ2) is 59.4. The molecule has 77 heavy (non-hydrogen) atoms. The van der Waals surface area contributed by atoms with Gasteiger partial charge in [0.15, 0.2) is 12.4 Å². The molecule has 0 aliphatic carbocycles. The highest BCUT2D eigenvalue weighted by Crippen LogP contribution is 2.17. The number of carbonyl (C=O) groups is 3. The Hall–Kier alpha value is -2.75. The molecule has 0 amide bonds. The van der Waals surface area contributed by atoms with E-state index >= 15 is 0 Å². The molecule has 9 nitrogen and oxygen atoms in total. The number of nitrogens with zero attached hydrogens (tertiary/aromatic N) is 1. The van der Waals surface area contributed by atoms with Crippen LogP contribution in [0, 0.1) is 0 Å². The van der Waals surface area contributed by atoms with Crippen molar-refractivity contribution >= 4 is 17.9 Å². The number of hydrogen-bond donors (Lipinski definition) is 0. The average molecular weight is 1080 g/mol. The van der Waals surface area contributed by atoms with E-state index in [0.29, 0.717) is 23.9 Å². The summed E-state index contributed by atoms with van der Waals surface area (Å²) < 4.78 is 22.8. The smallest absolute Gasteiger partial charge is 0.306 e. The van der Waals surface area contributed by atoms with Gasteiger partial charge in [-0.05, 0) is 77.0 Å². The summed E-state index contributed by atoms with van der Waals surface area (Å²) in [7, 11) is 5.93. The highest BCUT2D eigenvalue weighted by molar-refractivity contribution is 5.70. The van der Waals surface area contributed by atoms with Gasteiger partial charge in [-0.15, -0.1) is 0 Å². The summed E-state index contributed by atoms with van der Waals surface area (Å²) in [4.78, 5) is 37.4. The Kier molecular flexibility index (Phi) is 57.3. The average Bonchev–Trinajstić information content (AvgIpc) is 3.40. The number of quaternary nitrogens is 1. The van der Waals surface area contributed by atoms with Gasteiger partial charge in [-0.3, -0.25) is 9.59 Å². The second-order valence-corrected chi connectivity index (χ2v) is 23.4. The summed E-state index contributed by atoms with van der Waals surface area (Å²) in [5.74, 6) is -2.28. The summed E-state index contributed by atoms with van der Waals surface area (Å²) >= 11 is 0. The first-order chi connectivity index (χ1) is 37.6. The summed E-state index contributed by atoms with van der Waals surface area (Å²) in [5, 5.41) is 11.8. The molecule has 0 aliphatic rings. The van der Waals surface area contributed by atoms with Gasteiger partial charge in [-0.25, -0.2) is 0 Å². The van der Waals surface area contributed by atoms with Gasteiger partial charge in [-0.2, -0.15) is 0 Å². The molecule has 0 bridgehead atoms. The Morgan fingerprint density at radius 3 is 1.05 bits per heavy atom. The zero-order chi connectivity index (χ0) is 56.2. The number of hydrogen-bond acceptors (Lipinski definition) is 8. The van der Waals surface area contributed by atoms with Crippen LogP contribution in [0.2, 0.25) is 0 Å². The molecule has 0 heterocycles. The van der Waals surface area contributed by atoms with Crippen LogP contribution < -0.4 is 5.11 Å². The zero-order valence-corrected chi connectivity index (χ0v) is 51.3. The Morgan fingerprint density at radius 1 is 0.390 bits per heavy atom. The topological polar surface area (TPSA) is 111 Å². The highest BCUT2D eigenvalue weighted by Gasteiger charge is 2.22. The number of ether oxygens (including phenoxy) is 4. The lowest BCUT2D eigenvalue weighted by molar-refractivity contribution is -0.870. The van der Waals surface area contributed by atoms with E-state index in [1.165, 1.54) is 218 Å². The van der Waals surface area contributed by atoms with E-state index in [9.17, 15) is 19.5 Å². The molecule has 2 atom stereocenters. The van der Waals surface area contributed by atoms with Crippen molar-refractivity contribution in [1.82, 2.24) is 0 Å². The van der Waals surface area contributed by atoms with Crippen molar-refractivity contribution in [3.05, 3.63) is 48.6 Å². The number of carboxylic acids is 1. The first kappa shape index (κ1) is 74.2. The number of aliphatic carboxylic acids is 1. The van der Waals surface area contributed by atoms with Gasteiger partial charge in [0.1, 0.15) is 13.2 Å². The Morgan fingerprint density at radius 2 is 0.701 bits per heavy atom. The Bertz CT molecular complexity index is 1400. The van der Waals surface area contributed by atoms with Crippen LogP contribution in [0.5, 0.6) is 0 Å². The third kappa shape index (κ3) is 60.7. The second-order valence-electron chi connectivity index (χ2n) is 23.4. The minimum Gasteiger partial charge on any atom is -0.545 e. The molecule has 0 saturated heterocycles. The van der Waals surface area contributed by atoms with Crippen LogP contribution in [-0.2, 0) is 33.3 Å². The minimum atomic E-state index is -1.62. The Balaban J connectivity index is 4.14. The molecule has 0 saturated carbocycles. The molecule has 0 radical (unpaired) electrons. The van der Waals surface area contributed by atoms with Crippen molar-refractivity contribution in [2.75, 3.05) is 47.5 Å². The van der Waals surface area contributed by atoms with Crippen molar-refractivity contribution < 1.29 is 42.9 Å². The van der Waals surface area contributed by atoms with E-state index in [0.717, 1.165) is 57.8 Å². The monoisotopic (exact) mass is 1080 g/mol. The third-order valence-corrected chi connectivity index (χ3v) is 14.5. The number of esters is 2. The number of rotatable bonds is 61. The maximum Gasteiger partial charge on any atom is 0.306 e. The van der Waals surface area contributed by atoms with Gasteiger partial charge in [0.05, 0.1) is 40.3 Å². The zero-order valence-electron chi connectivity index (χ0n) is 51.3. The van der Waals surface area contributed by atoms with Crippen LogP contribution in [-0.4, -0.2) is 82.3 Å². The fourth-order valence-electron chi connectivity index (χ4n) is 9.48. The first-order valence-electron chi connectivity index (χ1n) is 32.8. The molecule has 0 spiro atoms. The minimum absolute atomic E-state index is 0.146. The van der Waals surface area contributed by atoms with E-state index in [-0.39, 0.29) is 32.2 Å². The first-order valence-corrected chi connectivity index (χ1v) is 32.8. The van der Waals surface area contributed by atoms with E-state index in [2.05, 4.69) is 62.5 Å². The van der Waals surface area contributed by atoms with Gasteiger partial charge in [0, 0.05) is 12.8 Å². The van der Waals surface area contributed by atoms with Crippen molar-refractivity contribution in [2.45, 2.75) is 322 Å². The lowest BCUT2D eigenvalue weighted by Crippen LogP contribution is -2.44. The molecule has 0 N–H and O–H groups in total. The molecule has 0 aromatic heterocycles. The molecule has 0 aliphatic heterocycles. The third-order valence-electron chi connectivity index (χ3n) is 14.5. The lowest BCUT2D eigenvalue weighted by Gasteiger charge is -2.26. The van der Waals surface area contributed by atoms with Crippen LogP contribution in [0.3, 0.4) is 0 Å². The predicted molar refractivity (Wildman–Crippen MR) is 325 cm³/mol. The number of carboxylic acid groups (broad SMARTS) is 1. The van der Waals surface area contributed by atoms with Gasteiger partial charge < -0.3 is 33.3 Å². The van der Waals surface area contributed by atoms with Gasteiger partial charge >= 0.3 is 11.9 Å². The molecule has 0 aromatic rings. The molecule has 0 fully saturated rings. The van der Waals surface area contributed by atoms with Crippen molar-refractivity contribution in [1.29, 1.82) is 0 Å². The maximum atomic E-state index is 12.9. The summed E-state index contributed by atoms with van der Waals surface area (Å²) in [6.45, 7) is 4.77. The van der Waals surface area contributed by atoms with Crippen LogP contribution >= 0.6 is 0 Å². The van der Waals surface area contributed by atoms with E-state index in [4.69, 9.17) is 18.9 Å². The quantitative estimate of drug-likeness (QED) is 0.0195. The van der Waals surface area contributed by atoms with Gasteiger partial charge in [0.2, 0.25) is 0 Å². The summed E-state index contributed by atoms with van der Waals surface area (Å²) in [5.41, 5.74) is 0. The largest absolute Gasteiger partial charge is 0.545 e. The number of carbonyl (C=O) groups excluding carboxylic acids is 3. The van der Waals surface area contributed by atoms with Crippen molar-refractivity contribution in [3.8, 4) is 0 Å². The fraction of sp³-hybridized carbons (Fsp3) is 0.838. The van der Waals surface area contributed by atoms with Crippen LogP contribution in [0.25, 0.3) is 0 Å². The fourth-order valence-corrected chi connectivity index (χ4v) is 9.48. The predicted octanol–water partition coefficient (Wildman–Crippen LogP) is 18.5. The van der Waals surface area contributed by atoms with E-state index in [1.54, 1.807) is 0 Å². The molecule has 2 unspecified atom stereocenters. The van der Waals surface area contributed by atoms with Gasteiger partial charge in [0.25, 0.3) is 0 Å². The van der Waals surface area contributed by atoms with Gasteiger partial charge in [-0.1, -0.05) is 268 Å². The molecule has 9 heteroatoms. The van der Waals surface area contributed by atoms with E-state index in [1.807, 2.05) is 21.1 Å². The number of allylic oxidation sites excluding steroid dienone is 8. The van der Waals surface area contributed by atoms with Crippen LogP contribution in [0.4, 0.5) is 0 Å². The normalized spacial score (nSPS) is 13.0. The standard InChI is InChI=1S/C68H125NO8/c1-6-8-10-12-14-16-18-20-22-24-26-28-30-31-32-33-34-35-37-38-40-42-44-46-48-50-52-54-56-58-65(70)75-62-64(63-76-68(67(72)73)74-61-60-69(3,4)5)77-66(71)59-57-55-53-51-49-47-45-43-41-39-36-29-27-25-23-21-19-17-15-13-11-9-7-2/h19,21,24-27,36,39,64,68H,6-18,20,22-23,28-35,37-38,40-63H2,1-5H3/b21-19-,26-24-,27-25-,39-36-.